The van der Waals surface area contributed by atoms with Crippen LogP contribution < -0.4 is 15.1 Å². The van der Waals surface area contributed by atoms with Crippen molar-refractivity contribution in [3.63, 3.8) is 0 Å². The quantitative estimate of drug-likeness (QED) is 0.702. The lowest BCUT2D eigenvalue weighted by molar-refractivity contribution is 0.0746. The number of nitrogens with one attached hydrogen (secondary N) is 1. The van der Waals surface area contributed by atoms with Gasteiger partial charge in [-0.05, 0) is 42.5 Å². The second kappa shape index (κ2) is 8.77. The van der Waals surface area contributed by atoms with Gasteiger partial charge in [-0.1, -0.05) is 6.07 Å². The van der Waals surface area contributed by atoms with Crippen molar-refractivity contribution in [2.75, 3.05) is 55.4 Å². The fourth-order valence-corrected chi connectivity index (χ4v) is 3.38. The first-order chi connectivity index (χ1) is 14.6. The zero-order valence-corrected chi connectivity index (χ0v) is 17.2. The molecule has 0 radical (unpaired) electrons. The lowest BCUT2D eigenvalue weighted by Crippen LogP contribution is -2.49. The maximum absolute atomic E-state index is 12.9. The molecule has 0 atom stereocenters. The molecule has 8 nitrogen and oxygen atoms in total. The van der Waals surface area contributed by atoms with Crippen LogP contribution in [-0.4, -0.2) is 66.3 Å². The van der Waals surface area contributed by atoms with Gasteiger partial charge >= 0.3 is 0 Å². The van der Waals surface area contributed by atoms with E-state index in [9.17, 15) is 4.79 Å². The van der Waals surface area contributed by atoms with Crippen LogP contribution >= 0.6 is 0 Å². The summed E-state index contributed by atoms with van der Waals surface area (Å²) in [4.78, 5) is 23.0. The molecular weight excluding hydrogens is 378 g/mol. The number of pyridine rings is 1. The van der Waals surface area contributed by atoms with Crippen LogP contribution in [0.5, 0.6) is 0 Å². The predicted molar refractivity (Wildman–Crippen MR) is 118 cm³/mol. The zero-order chi connectivity index (χ0) is 20.9. The van der Waals surface area contributed by atoms with Crippen LogP contribution in [-0.2, 0) is 0 Å². The van der Waals surface area contributed by atoms with Crippen LogP contribution in [0.3, 0.4) is 0 Å². The molecule has 1 saturated heterocycles. The van der Waals surface area contributed by atoms with E-state index in [0.717, 1.165) is 35.8 Å². The Hall–Kier alpha value is -3.68. The first-order valence-corrected chi connectivity index (χ1v) is 9.92. The Balaban J connectivity index is 1.35. The number of carbonyl (C=O) groups excluding carboxylic acids is 1. The van der Waals surface area contributed by atoms with Gasteiger partial charge in [-0.3, -0.25) is 9.78 Å². The fraction of sp³-hybridized carbons (Fsp3) is 0.273. The number of aromatic nitrogens is 3. The molecule has 8 heteroatoms. The molecule has 1 aliphatic rings. The molecule has 0 spiro atoms. The molecule has 1 aromatic carbocycles. The van der Waals surface area contributed by atoms with Gasteiger partial charge in [-0.25, -0.2) is 0 Å². The van der Waals surface area contributed by atoms with Crippen LogP contribution in [0.2, 0.25) is 0 Å². The van der Waals surface area contributed by atoms with Crippen LogP contribution in [0, 0.1) is 0 Å². The number of anilines is 4. The van der Waals surface area contributed by atoms with Gasteiger partial charge in [0.25, 0.3) is 5.91 Å². The molecule has 0 saturated carbocycles. The molecule has 1 N–H and O–H groups in total. The number of amides is 1. The Morgan fingerprint density at radius 3 is 2.50 bits per heavy atom. The van der Waals surface area contributed by atoms with Gasteiger partial charge in [0.15, 0.2) is 11.6 Å². The van der Waals surface area contributed by atoms with Crippen molar-refractivity contribution in [3.05, 3.63) is 66.5 Å². The third kappa shape index (κ3) is 4.48. The minimum absolute atomic E-state index is 0.0699. The summed E-state index contributed by atoms with van der Waals surface area (Å²) in [6, 6.07) is 15.4. The molecule has 30 heavy (non-hydrogen) atoms. The van der Waals surface area contributed by atoms with E-state index in [4.69, 9.17) is 0 Å². The van der Waals surface area contributed by atoms with Crippen molar-refractivity contribution in [3.8, 4) is 0 Å². The Bertz CT molecular complexity index is 984. The van der Waals surface area contributed by atoms with Crippen LogP contribution in [0.4, 0.5) is 23.0 Å². The van der Waals surface area contributed by atoms with Gasteiger partial charge in [-0.15, -0.1) is 10.2 Å². The van der Waals surface area contributed by atoms with Gasteiger partial charge in [0.1, 0.15) is 0 Å². The second-order valence-corrected chi connectivity index (χ2v) is 7.37. The summed E-state index contributed by atoms with van der Waals surface area (Å²) >= 11 is 0. The third-order valence-electron chi connectivity index (χ3n) is 5.08. The van der Waals surface area contributed by atoms with Gasteiger partial charge < -0.3 is 20.0 Å². The molecule has 1 amide bonds. The molecule has 0 aliphatic carbocycles. The van der Waals surface area contributed by atoms with E-state index in [0.29, 0.717) is 18.9 Å². The molecular formula is C22H25N7O. The van der Waals surface area contributed by atoms with Gasteiger partial charge in [0.2, 0.25) is 0 Å². The summed E-state index contributed by atoms with van der Waals surface area (Å²) in [5.41, 5.74) is 2.61. The SMILES string of the molecule is CN(C)c1cccc(C(=O)N2CCN(c3ccc(Nc4cccnc4)nn3)CC2)c1. The topological polar surface area (TPSA) is 77.5 Å². The maximum Gasteiger partial charge on any atom is 0.254 e. The van der Waals surface area contributed by atoms with Crippen molar-refractivity contribution >= 4 is 28.9 Å². The number of hydrogen-bond donors (Lipinski definition) is 1. The maximum atomic E-state index is 12.9. The summed E-state index contributed by atoms with van der Waals surface area (Å²) < 4.78 is 0. The lowest BCUT2D eigenvalue weighted by atomic mass is 10.1. The van der Waals surface area contributed by atoms with Crippen LogP contribution in [0.15, 0.2) is 60.9 Å². The Labute approximate surface area is 176 Å². The highest BCUT2D eigenvalue weighted by Crippen LogP contribution is 2.19. The number of carbonyl (C=O) groups is 1. The fourth-order valence-electron chi connectivity index (χ4n) is 3.38. The van der Waals surface area contributed by atoms with Crippen molar-refractivity contribution < 1.29 is 4.79 Å². The average molecular weight is 403 g/mol. The van der Waals surface area contributed by atoms with Crippen LogP contribution in [0.25, 0.3) is 0 Å². The molecule has 3 heterocycles. The van der Waals surface area contributed by atoms with Crippen molar-refractivity contribution in [1.82, 2.24) is 20.1 Å². The Morgan fingerprint density at radius 1 is 1.00 bits per heavy atom. The third-order valence-corrected chi connectivity index (χ3v) is 5.08. The van der Waals surface area contributed by atoms with Crippen molar-refractivity contribution in [2.24, 2.45) is 0 Å². The summed E-state index contributed by atoms with van der Waals surface area (Å²) in [6.45, 7) is 2.76. The summed E-state index contributed by atoms with van der Waals surface area (Å²) in [6.07, 6.45) is 3.46. The van der Waals surface area contributed by atoms with E-state index >= 15 is 0 Å². The summed E-state index contributed by atoms with van der Waals surface area (Å²) in [5.74, 6) is 1.55. The first kappa shape index (κ1) is 19.6. The van der Waals surface area contributed by atoms with Gasteiger partial charge in [0, 0.05) is 57.7 Å². The molecule has 0 bridgehead atoms. The Kier molecular flexibility index (Phi) is 5.74. The monoisotopic (exact) mass is 403 g/mol. The molecule has 154 valence electrons. The number of benzene rings is 1. The molecule has 2 aromatic heterocycles. The largest absolute Gasteiger partial charge is 0.378 e. The minimum atomic E-state index is 0.0699. The van der Waals surface area contributed by atoms with Gasteiger partial charge in [0.05, 0.1) is 11.9 Å². The number of rotatable bonds is 5. The normalized spacial score (nSPS) is 13.8. The van der Waals surface area contributed by atoms with Crippen molar-refractivity contribution in [2.45, 2.75) is 0 Å². The van der Waals surface area contributed by atoms with E-state index in [1.54, 1.807) is 12.4 Å². The molecule has 1 fully saturated rings. The lowest BCUT2D eigenvalue weighted by Gasteiger charge is -2.35. The highest BCUT2D eigenvalue weighted by atomic mass is 16.2. The standard InChI is InChI=1S/C22H25N7O/c1-27(2)19-7-3-5-17(15-19)22(30)29-13-11-28(12-14-29)21-9-8-20(25-26-21)24-18-6-4-10-23-16-18/h3-10,15-16H,11-14H2,1-2H3,(H,24,25). The van der Waals surface area contributed by atoms with Crippen LogP contribution in [0.1, 0.15) is 10.4 Å². The minimum Gasteiger partial charge on any atom is -0.378 e. The molecule has 3 aromatic rings. The summed E-state index contributed by atoms with van der Waals surface area (Å²) in [5, 5.41) is 11.8. The van der Waals surface area contributed by atoms with E-state index in [-0.39, 0.29) is 5.91 Å². The van der Waals surface area contributed by atoms with E-state index < -0.39 is 0 Å². The molecule has 4 rings (SSSR count). The van der Waals surface area contributed by atoms with E-state index in [2.05, 4.69) is 25.4 Å². The average Bonchev–Trinajstić information content (AvgIpc) is 2.80. The first-order valence-electron chi connectivity index (χ1n) is 9.92. The highest BCUT2D eigenvalue weighted by Gasteiger charge is 2.23. The van der Waals surface area contributed by atoms with E-state index in [1.807, 2.05) is 72.4 Å². The smallest absolute Gasteiger partial charge is 0.254 e. The zero-order valence-electron chi connectivity index (χ0n) is 17.2. The highest BCUT2D eigenvalue weighted by molar-refractivity contribution is 5.95. The number of nitrogens with zero attached hydrogens (tertiary/aromatic N) is 6. The predicted octanol–water partition coefficient (Wildman–Crippen LogP) is 2.64. The second-order valence-electron chi connectivity index (χ2n) is 7.37. The summed E-state index contributed by atoms with van der Waals surface area (Å²) in [7, 11) is 3.95. The number of hydrogen-bond acceptors (Lipinski definition) is 7. The van der Waals surface area contributed by atoms with E-state index in [1.165, 1.54) is 0 Å². The molecule has 0 unspecified atom stereocenters. The number of piperazine rings is 1. The molecule has 1 aliphatic heterocycles. The van der Waals surface area contributed by atoms with Crippen molar-refractivity contribution in [1.29, 1.82) is 0 Å². The van der Waals surface area contributed by atoms with Gasteiger partial charge in [-0.2, -0.15) is 0 Å². The Morgan fingerprint density at radius 2 is 1.83 bits per heavy atom.